The van der Waals surface area contributed by atoms with Gasteiger partial charge in [0.15, 0.2) is 9.84 Å². The number of hydrogen-bond donors (Lipinski definition) is 0. The molecule has 0 saturated heterocycles. The molecule has 2 aromatic carbocycles. The molecule has 19 heavy (non-hydrogen) atoms. The van der Waals surface area contributed by atoms with Crippen LogP contribution in [0, 0.1) is 6.92 Å². The summed E-state index contributed by atoms with van der Waals surface area (Å²) in [7, 11) is -3.32. The van der Waals surface area contributed by atoms with Gasteiger partial charge in [0.1, 0.15) is 0 Å². The summed E-state index contributed by atoms with van der Waals surface area (Å²) in [6.07, 6.45) is 0. The molecular formula is C16H16O2S. The molecule has 2 nitrogen and oxygen atoms in total. The Labute approximate surface area is 114 Å². The summed E-state index contributed by atoms with van der Waals surface area (Å²) >= 11 is 0. The minimum absolute atomic E-state index is 0.0555. The fourth-order valence-corrected chi connectivity index (χ4v) is 3.16. The predicted octanol–water partition coefficient (Wildman–Crippen LogP) is 3.48. The van der Waals surface area contributed by atoms with Crippen LogP contribution in [0.25, 0.3) is 5.57 Å². The van der Waals surface area contributed by atoms with Gasteiger partial charge in [-0.15, -0.1) is 0 Å². The van der Waals surface area contributed by atoms with Crippen molar-refractivity contribution in [1.29, 1.82) is 0 Å². The van der Waals surface area contributed by atoms with Gasteiger partial charge >= 0.3 is 0 Å². The summed E-state index contributed by atoms with van der Waals surface area (Å²) < 4.78 is 24.5. The lowest BCUT2D eigenvalue weighted by atomic mass is 10.1. The number of rotatable bonds is 4. The second-order valence-corrected chi connectivity index (χ2v) is 6.53. The number of hydrogen-bond acceptors (Lipinski definition) is 2. The van der Waals surface area contributed by atoms with E-state index in [0.29, 0.717) is 10.5 Å². The van der Waals surface area contributed by atoms with E-state index in [4.69, 9.17) is 0 Å². The lowest BCUT2D eigenvalue weighted by Crippen LogP contribution is -2.08. The Morgan fingerprint density at radius 1 is 1.00 bits per heavy atom. The van der Waals surface area contributed by atoms with Crippen molar-refractivity contribution in [3.05, 3.63) is 72.3 Å². The highest BCUT2D eigenvalue weighted by Gasteiger charge is 2.16. The molecule has 0 heterocycles. The molecule has 2 aromatic rings. The molecule has 0 atom stereocenters. The van der Waals surface area contributed by atoms with E-state index in [0.717, 1.165) is 11.1 Å². The first-order chi connectivity index (χ1) is 8.99. The monoisotopic (exact) mass is 272 g/mol. The van der Waals surface area contributed by atoms with Gasteiger partial charge in [-0.2, -0.15) is 0 Å². The van der Waals surface area contributed by atoms with E-state index in [1.54, 1.807) is 24.3 Å². The van der Waals surface area contributed by atoms with Gasteiger partial charge in [0.05, 0.1) is 10.6 Å². The Hall–Kier alpha value is -1.87. The predicted molar refractivity (Wildman–Crippen MR) is 78.7 cm³/mol. The highest BCUT2D eigenvalue weighted by atomic mass is 32.2. The van der Waals surface area contributed by atoms with Crippen molar-refractivity contribution in [2.24, 2.45) is 0 Å². The first-order valence-electron chi connectivity index (χ1n) is 6.02. The molecule has 0 aliphatic rings. The molecule has 0 aromatic heterocycles. The Morgan fingerprint density at radius 2 is 1.58 bits per heavy atom. The molecule has 0 aliphatic heterocycles. The van der Waals surface area contributed by atoms with Gasteiger partial charge in [-0.25, -0.2) is 8.42 Å². The zero-order chi connectivity index (χ0) is 13.9. The highest BCUT2D eigenvalue weighted by Crippen LogP contribution is 2.19. The fourth-order valence-electron chi connectivity index (χ4n) is 1.82. The van der Waals surface area contributed by atoms with E-state index in [2.05, 4.69) is 6.58 Å². The minimum Gasteiger partial charge on any atom is -0.223 e. The zero-order valence-corrected chi connectivity index (χ0v) is 11.7. The molecule has 0 N–H and O–H groups in total. The molecule has 98 valence electrons. The van der Waals surface area contributed by atoms with E-state index in [-0.39, 0.29) is 5.75 Å². The van der Waals surface area contributed by atoms with Crippen LogP contribution in [0.2, 0.25) is 0 Å². The second-order valence-electron chi connectivity index (χ2n) is 4.54. The standard InChI is InChI=1S/C16H16O2S/c1-13-8-10-16(11-9-13)19(17,18)12-14(2)15-6-4-3-5-7-15/h3-11H,2,12H2,1H3. The summed E-state index contributed by atoms with van der Waals surface area (Å²) in [5.41, 5.74) is 2.51. The van der Waals surface area contributed by atoms with E-state index in [1.807, 2.05) is 37.3 Å². The van der Waals surface area contributed by atoms with E-state index in [1.165, 1.54) is 0 Å². The normalized spacial score (nSPS) is 11.2. The highest BCUT2D eigenvalue weighted by molar-refractivity contribution is 7.91. The van der Waals surface area contributed by atoms with Crippen LogP contribution in [0.15, 0.2) is 66.1 Å². The fraction of sp³-hybridized carbons (Fsp3) is 0.125. The van der Waals surface area contributed by atoms with E-state index in [9.17, 15) is 8.42 Å². The van der Waals surface area contributed by atoms with Crippen LogP contribution < -0.4 is 0 Å². The smallest absolute Gasteiger partial charge is 0.182 e. The lowest BCUT2D eigenvalue weighted by Gasteiger charge is -2.08. The molecule has 0 amide bonds. The summed E-state index contributed by atoms with van der Waals surface area (Å²) in [6.45, 7) is 5.80. The van der Waals surface area contributed by atoms with Crippen molar-refractivity contribution in [3.8, 4) is 0 Å². The molecule has 0 aliphatic carbocycles. The molecule has 0 saturated carbocycles. The average molecular weight is 272 g/mol. The zero-order valence-electron chi connectivity index (χ0n) is 10.8. The molecule has 0 radical (unpaired) electrons. The van der Waals surface area contributed by atoms with Crippen LogP contribution in [0.3, 0.4) is 0 Å². The molecule has 0 unspecified atom stereocenters. The Bertz CT molecular complexity index is 668. The van der Waals surface area contributed by atoms with Gasteiger partial charge < -0.3 is 0 Å². The maximum Gasteiger partial charge on any atom is 0.182 e. The number of sulfone groups is 1. The van der Waals surface area contributed by atoms with Gasteiger partial charge in [-0.3, -0.25) is 0 Å². The van der Waals surface area contributed by atoms with Crippen LogP contribution in [-0.4, -0.2) is 14.2 Å². The Balaban J connectivity index is 2.23. The molecule has 0 bridgehead atoms. The van der Waals surface area contributed by atoms with Crippen LogP contribution in [0.5, 0.6) is 0 Å². The van der Waals surface area contributed by atoms with Crippen LogP contribution in [0.1, 0.15) is 11.1 Å². The molecular weight excluding hydrogens is 256 g/mol. The molecule has 2 rings (SSSR count). The van der Waals surface area contributed by atoms with Crippen molar-refractivity contribution in [2.75, 3.05) is 5.75 Å². The summed E-state index contributed by atoms with van der Waals surface area (Å²) in [5.74, 6) is -0.0555. The lowest BCUT2D eigenvalue weighted by molar-refractivity contribution is 0.599. The van der Waals surface area contributed by atoms with E-state index >= 15 is 0 Å². The number of benzene rings is 2. The van der Waals surface area contributed by atoms with Crippen LogP contribution in [0.4, 0.5) is 0 Å². The van der Waals surface area contributed by atoms with Crippen molar-refractivity contribution in [3.63, 3.8) is 0 Å². The molecule has 0 spiro atoms. The maximum absolute atomic E-state index is 12.3. The molecule has 3 heteroatoms. The number of aryl methyl sites for hydroxylation is 1. The van der Waals surface area contributed by atoms with Gasteiger partial charge in [0, 0.05) is 0 Å². The average Bonchev–Trinajstić information content (AvgIpc) is 2.40. The Kier molecular flexibility index (Phi) is 3.86. The second kappa shape index (κ2) is 5.41. The van der Waals surface area contributed by atoms with Crippen molar-refractivity contribution >= 4 is 15.4 Å². The van der Waals surface area contributed by atoms with Crippen molar-refractivity contribution in [1.82, 2.24) is 0 Å². The first kappa shape index (κ1) is 13.6. The first-order valence-corrected chi connectivity index (χ1v) is 7.67. The third-order valence-corrected chi connectivity index (χ3v) is 4.65. The minimum atomic E-state index is -3.32. The topological polar surface area (TPSA) is 34.1 Å². The van der Waals surface area contributed by atoms with Gasteiger partial charge in [-0.05, 0) is 30.2 Å². The molecule has 0 fully saturated rings. The SMILES string of the molecule is C=C(CS(=O)(=O)c1ccc(C)cc1)c1ccccc1. The quantitative estimate of drug-likeness (QED) is 0.854. The van der Waals surface area contributed by atoms with Crippen LogP contribution >= 0.6 is 0 Å². The van der Waals surface area contributed by atoms with Crippen LogP contribution in [-0.2, 0) is 9.84 Å². The third-order valence-electron chi connectivity index (χ3n) is 2.93. The van der Waals surface area contributed by atoms with Crippen molar-refractivity contribution < 1.29 is 8.42 Å². The van der Waals surface area contributed by atoms with E-state index < -0.39 is 9.84 Å². The summed E-state index contributed by atoms with van der Waals surface area (Å²) in [6, 6.07) is 16.3. The largest absolute Gasteiger partial charge is 0.223 e. The van der Waals surface area contributed by atoms with Gasteiger partial charge in [0.2, 0.25) is 0 Å². The summed E-state index contributed by atoms with van der Waals surface area (Å²) in [4.78, 5) is 0.343. The van der Waals surface area contributed by atoms with Gasteiger partial charge in [-0.1, -0.05) is 54.6 Å². The van der Waals surface area contributed by atoms with Crippen molar-refractivity contribution in [2.45, 2.75) is 11.8 Å². The van der Waals surface area contributed by atoms with Gasteiger partial charge in [0.25, 0.3) is 0 Å². The Morgan fingerprint density at radius 3 is 2.16 bits per heavy atom. The third kappa shape index (κ3) is 3.32. The maximum atomic E-state index is 12.3. The summed E-state index contributed by atoms with van der Waals surface area (Å²) in [5, 5.41) is 0.